The van der Waals surface area contributed by atoms with Crippen LogP contribution in [0.25, 0.3) is 10.9 Å². The predicted molar refractivity (Wildman–Crippen MR) is 79.1 cm³/mol. The fourth-order valence-corrected chi connectivity index (χ4v) is 2.45. The monoisotopic (exact) mass is 283 g/mol. The molecule has 0 spiro atoms. The minimum absolute atomic E-state index is 0. The Morgan fingerprint density at radius 2 is 1.94 bits per heavy atom. The molecule has 1 N–H and O–H groups in total. The number of hydrogen-bond acceptors (Lipinski definition) is 3. The summed E-state index contributed by atoms with van der Waals surface area (Å²) in [6, 6.07) is 7.99. The first-order valence-electron chi connectivity index (χ1n) is 5.84. The van der Waals surface area contributed by atoms with Crippen molar-refractivity contribution in [1.82, 2.24) is 10.3 Å². The molecule has 0 atom stereocenters. The maximum atomic E-state index is 5.99. The zero-order chi connectivity index (χ0) is 11.7. The second-order valence-corrected chi connectivity index (χ2v) is 4.67. The van der Waals surface area contributed by atoms with Gasteiger partial charge in [0, 0.05) is 48.5 Å². The van der Waals surface area contributed by atoms with Gasteiger partial charge in [-0.3, -0.25) is 4.98 Å². The molecular formula is C13H15Cl2N3. The lowest BCUT2D eigenvalue weighted by Gasteiger charge is -2.30. The highest BCUT2D eigenvalue weighted by atomic mass is 35.5. The molecule has 3 rings (SSSR count). The number of piperazine rings is 1. The molecule has 2 heterocycles. The van der Waals surface area contributed by atoms with Gasteiger partial charge >= 0.3 is 0 Å². The lowest BCUT2D eigenvalue weighted by molar-refractivity contribution is 0.590. The number of benzene rings is 1. The Balaban J connectivity index is 0.00000120. The van der Waals surface area contributed by atoms with Crippen LogP contribution in [0.1, 0.15) is 0 Å². The molecule has 3 nitrogen and oxygen atoms in total. The SMILES string of the molecule is Cl.Clc1ccc2c(N3CCNCC3)ccnc2c1. The van der Waals surface area contributed by atoms with E-state index in [4.69, 9.17) is 11.6 Å². The van der Waals surface area contributed by atoms with Gasteiger partial charge in [-0.2, -0.15) is 0 Å². The van der Waals surface area contributed by atoms with Crippen LogP contribution in [0.3, 0.4) is 0 Å². The quantitative estimate of drug-likeness (QED) is 0.872. The van der Waals surface area contributed by atoms with Gasteiger partial charge in [-0.15, -0.1) is 12.4 Å². The molecule has 0 unspecified atom stereocenters. The summed E-state index contributed by atoms with van der Waals surface area (Å²) in [5.74, 6) is 0. The number of anilines is 1. The molecule has 1 aliphatic rings. The molecule has 0 bridgehead atoms. The van der Waals surface area contributed by atoms with E-state index < -0.39 is 0 Å². The summed E-state index contributed by atoms with van der Waals surface area (Å²) in [6.45, 7) is 4.16. The van der Waals surface area contributed by atoms with E-state index in [1.54, 1.807) is 0 Å². The number of aromatic nitrogens is 1. The summed E-state index contributed by atoms with van der Waals surface area (Å²) in [5, 5.41) is 5.28. The smallest absolute Gasteiger partial charge is 0.0737 e. The van der Waals surface area contributed by atoms with Gasteiger partial charge in [-0.25, -0.2) is 0 Å². The van der Waals surface area contributed by atoms with Crippen molar-refractivity contribution in [2.45, 2.75) is 0 Å². The van der Waals surface area contributed by atoms with E-state index in [1.165, 1.54) is 11.1 Å². The van der Waals surface area contributed by atoms with E-state index in [1.807, 2.05) is 18.3 Å². The predicted octanol–water partition coefficient (Wildman–Crippen LogP) is 2.72. The lowest BCUT2D eigenvalue weighted by Crippen LogP contribution is -2.43. The molecule has 1 saturated heterocycles. The molecule has 5 heteroatoms. The van der Waals surface area contributed by atoms with Crippen molar-refractivity contribution in [3.8, 4) is 0 Å². The van der Waals surface area contributed by atoms with E-state index in [9.17, 15) is 0 Å². The van der Waals surface area contributed by atoms with Gasteiger partial charge in [0.05, 0.1) is 5.52 Å². The minimum atomic E-state index is 0. The molecule has 18 heavy (non-hydrogen) atoms. The fraction of sp³-hybridized carbons (Fsp3) is 0.308. The first-order chi connectivity index (χ1) is 8.34. The summed E-state index contributed by atoms with van der Waals surface area (Å²) in [5.41, 5.74) is 2.22. The summed E-state index contributed by atoms with van der Waals surface area (Å²) in [4.78, 5) is 6.77. The van der Waals surface area contributed by atoms with E-state index in [-0.39, 0.29) is 12.4 Å². The standard InChI is InChI=1S/C13H14ClN3.ClH/c14-10-1-2-11-12(9-10)16-4-3-13(11)17-7-5-15-6-8-17;/h1-4,9,15H,5-8H2;1H. The molecule has 1 aliphatic heterocycles. The molecule has 2 aromatic rings. The Morgan fingerprint density at radius 1 is 1.17 bits per heavy atom. The molecule has 0 aliphatic carbocycles. The Morgan fingerprint density at radius 3 is 2.72 bits per heavy atom. The Hall–Kier alpha value is -1.03. The van der Waals surface area contributed by atoms with Gasteiger partial charge in [-0.1, -0.05) is 11.6 Å². The number of nitrogens with zero attached hydrogens (tertiary/aromatic N) is 2. The molecule has 0 amide bonds. The molecule has 1 fully saturated rings. The third kappa shape index (κ3) is 2.53. The van der Waals surface area contributed by atoms with Crippen molar-refractivity contribution >= 4 is 40.6 Å². The van der Waals surface area contributed by atoms with Crippen molar-refractivity contribution in [2.75, 3.05) is 31.1 Å². The second-order valence-electron chi connectivity index (χ2n) is 4.23. The van der Waals surface area contributed by atoms with Crippen LogP contribution in [0.2, 0.25) is 5.02 Å². The molecule has 96 valence electrons. The van der Waals surface area contributed by atoms with E-state index in [0.717, 1.165) is 36.7 Å². The number of nitrogens with one attached hydrogen (secondary N) is 1. The zero-order valence-corrected chi connectivity index (χ0v) is 11.5. The number of halogens is 2. The summed E-state index contributed by atoms with van der Waals surface area (Å²) in [7, 11) is 0. The van der Waals surface area contributed by atoms with Gasteiger partial charge in [0.2, 0.25) is 0 Å². The van der Waals surface area contributed by atoms with Gasteiger partial charge < -0.3 is 10.2 Å². The Kier molecular flexibility index (Phi) is 4.27. The van der Waals surface area contributed by atoms with Gasteiger partial charge in [0.25, 0.3) is 0 Å². The molecule has 1 aromatic heterocycles. The van der Waals surface area contributed by atoms with Crippen molar-refractivity contribution in [3.05, 3.63) is 35.5 Å². The average molecular weight is 284 g/mol. The second kappa shape index (κ2) is 5.74. The minimum Gasteiger partial charge on any atom is -0.368 e. The highest BCUT2D eigenvalue weighted by molar-refractivity contribution is 6.31. The van der Waals surface area contributed by atoms with E-state index in [2.05, 4.69) is 27.3 Å². The normalized spacial score (nSPS) is 15.5. The van der Waals surface area contributed by atoms with Gasteiger partial charge in [0.15, 0.2) is 0 Å². The summed E-state index contributed by atoms with van der Waals surface area (Å²) in [6.07, 6.45) is 1.86. The highest BCUT2D eigenvalue weighted by Crippen LogP contribution is 2.27. The third-order valence-electron chi connectivity index (χ3n) is 3.14. The number of fused-ring (bicyclic) bond motifs is 1. The maximum Gasteiger partial charge on any atom is 0.0737 e. The number of pyridine rings is 1. The van der Waals surface area contributed by atoms with Crippen LogP contribution in [-0.2, 0) is 0 Å². The number of hydrogen-bond donors (Lipinski definition) is 1. The van der Waals surface area contributed by atoms with Gasteiger partial charge in [-0.05, 0) is 24.3 Å². The zero-order valence-electron chi connectivity index (χ0n) is 9.90. The molecule has 0 radical (unpaired) electrons. The van der Waals surface area contributed by atoms with Crippen molar-refractivity contribution in [2.24, 2.45) is 0 Å². The lowest BCUT2D eigenvalue weighted by atomic mass is 10.1. The third-order valence-corrected chi connectivity index (χ3v) is 3.37. The van der Waals surface area contributed by atoms with Crippen molar-refractivity contribution < 1.29 is 0 Å². The van der Waals surface area contributed by atoms with Crippen LogP contribution >= 0.6 is 24.0 Å². The van der Waals surface area contributed by atoms with Crippen LogP contribution < -0.4 is 10.2 Å². The fourth-order valence-electron chi connectivity index (χ4n) is 2.29. The largest absolute Gasteiger partial charge is 0.368 e. The Bertz CT molecular complexity index is 539. The highest BCUT2D eigenvalue weighted by Gasteiger charge is 2.13. The van der Waals surface area contributed by atoms with E-state index >= 15 is 0 Å². The topological polar surface area (TPSA) is 28.2 Å². The van der Waals surface area contributed by atoms with Crippen molar-refractivity contribution in [3.63, 3.8) is 0 Å². The maximum absolute atomic E-state index is 5.99. The molecule has 1 aromatic carbocycles. The first kappa shape index (κ1) is 13.4. The Labute approximate surface area is 118 Å². The molecule has 0 saturated carbocycles. The van der Waals surface area contributed by atoms with Crippen LogP contribution in [0, 0.1) is 0 Å². The summed E-state index contributed by atoms with van der Waals surface area (Å²) >= 11 is 5.99. The average Bonchev–Trinajstić information content (AvgIpc) is 2.39. The van der Waals surface area contributed by atoms with Crippen LogP contribution in [0.4, 0.5) is 5.69 Å². The molecular weight excluding hydrogens is 269 g/mol. The van der Waals surface area contributed by atoms with Crippen LogP contribution in [0.5, 0.6) is 0 Å². The van der Waals surface area contributed by atoms with E-state index in [0.29, 0.717) is 0 Å². The van der Waals surface area contributed by atoms with Gasteiger partial charge in [0.1, 0.15) is 0 Å². The van der Waals surface area contributed by atoms with Crippen LogP contribution in [0.15, 0.2) is 30.5 Å². The number of rotatable bonds is 1. The summed E-state index contributed by atoms with van der Waals surface area (Å²) < 4.78 is 0. The first-order valence-corrected chi connectivity index (χ1v) is 6.22. The van der Waals surface area contributed by atoms with Crippen molar-refractivity contribution in [1.29, 1.82) is 0 Å². The van der Waals surface area contributed by atoms with Crippen LogP contribution in [-0.4, -0.2) is 31.2 Å².